The molecule has 0 fully saturated rings. The second-order valence-corrected chi connectivity index (χ2v) is 8.97. The molecule has 7 heteroatoms. The van der Waals surface area contributed by atoms with E-state index in [2.05, 4.69) is 6.92 Å². The summed E-state index contributed by atoms with van der Waals surface area (Å²) in [6.07, 6.45) is 3.58. The average Bonchev–Trinajstić information content (AvgIpc) is 2.47. The van der Waals surface area contributed by atoms with Crippen LogP contribution in [0.5, 0.6) is 0 Å². The number of aliphatic carboxylic acids is 1. The minimum absolute atomic E-state index is 0.303. The number of carbonyl (C=O) groups is 1. The van der Waals surface area contributed by atoms with Gasteiger partial charge < -0.3 is 18.4 Å². The second kappa shape index (κ2) is 13.4. The summed E-state index contributed by atoms with van der Waals surface area (Å²) in [4.78, 5) is 11.2. The Balaban J connectivity index is 4.31. The van der Waals surface area contributed by atoms with Gasteiger partial charge in [-0.15, -0.1) is 11.8 Å². The van der Waals surface area contributed by atoms with Crippen LogP contribution in [0, 0.1) is 0 Å². The van der Waals surface area contributed by atoms with Crippen molar-refractivity contribution >= 4 is 26.5 Å². The first-order chi connectivity index (χ1) is 10.5. The number of carboxylic acids is 1. The Hall–Kier alpha value is -0.0831. The molecule has 22 heavy (non-hydrogen) atoms. The molecule has 0 heterocycles. The zero-order valence-electron chi connectivity index (χ0n) is 14.4. The van der Waals surface area contributed by atoms with Crippen LogP contribution in [0.3, 0.4) is 0 Å². The van der Waals surface area contributed by atoms with E-state index in [4.69, 9.17) is 13.3 Å². The Labute approximate surface area is 140 Å². The Morgan fingerprint density at radius 3 is 2.00 bits per heavy atom. The first-order valence-corrected chi connectivity index (χ1v) is 11.3. The lowest BCUT2D eigenvalue weighted by Gasteiger charge is -2.28. The number of rotatable bonds is 15. The molecule has 0 aliphatic carbocycles. The molecule has 0 radical (unpaired) electrons. The minimum Gasteiger partial charge on any atom is -0.480 e. The van der Waals surface area contributed by atoms with E-state index in [-0.39, 0.29) is 5.25 Å². The molecule has 0 aliphatic heterocycles. The van der Waals surface area contributed by atoms with Crippen LogP contribution in [0.2, 0.25) is 6.04 Å². The highest BCUT2D eigenvalue weighted by atomic mass is 32.2. The fourth-order valence-electron chi connectivity index (χ4n) is 2.18. The molecular weight excluding hydrogens is 320 g/mol. The summed E-state index contributed by atoms with van der Waals surface area (Å²) in [6, 6.07) is 0.746. The van der Waals surface area contributed by atoms with Crippen LogP contribution in [0.1, 0.15) is 53.4 Å². The van der Waals surface area contributed by atoms with Gasteiger partial charge in [0.2, 0.25) is 0 Å². The fraction of sp³-hybridized carbons (Fsp3) is 0.933. The third-order valence-corrected chi connectivity index (χ3v) is 7.65. The molecule has 0 bridgehead atoms. The van der Waals surface area contributed by atoms with Gasteiger partial charge in [-0.2, -0.15) is 0 Å². The second-order valence-electron chi connectivity index (χ2n) is 4.93. The van der Waals surface area contributed by atoms with Crippen LogP contribution in [0.15, 0.2) is 0 Å². The van der Waals surface area contributed by atoms with Gasteiger partial charge >= 0.3 is 14.8 Å². The first kappa shape index (κ1) is 21.9. The summed E-state index contributed by atoms with van der Waals surface area (Å²) in [5, 5.41) is 8.92. The highest BCUT2D eigenvalue weighted by Crippen LogP contribution is 2.23. The number of thioether (sulfide) groups is 1. The SMILES string of the molecule is CCCCC(SCCC[Si](OCC)(OCC)OCC)C(=O)O. The Bertz CT molecular complexity index is 274. The van der Waals surface area contributed by atoms with Gasteiger partial charge in [0.25, 0.3) is 0 Å². The van der Waals surface area contributed by atoms with Crippen molar-refractivity contribution in [3.63, 3.8) is 0 Å². The Morgan fingerprint density at radius 1 is 1.05 bits per heavy atom. The summed E-state index contributed by atoms with van der Waals surface area (Å²) in [5.74, 6) is 0.0872. The maximum Gasteiger partial charge on any atom is 0.500 e. The van der Waals surface area contributed by atoms with Gasteiger partial charge in [0, 0.05) is 25.9 Å². The standard InChI is InChI=1S/C15H32O5SSi/c1-5-9-11-14(15(16)17)21-12-10-13-22(18-6-2,19-7-3)20-8-4/h14H,5-13H2,1-4H3,(H,16,17). The highest BCUT2D eigenvalue weighted by molar-refractivity contribution is 8.00. The number of carboxylic acid groups (broad SMARTS) is 1. The summed E-state index contributed by atoms with van der Waals surface area (Å²) in [7, 11) is -2.58. The van der Waals surface area contributed by atoms with Crippen LogP contribution in [0.25, 0.3) is 0 Å². The summed E-state index contributed by atoms with van der Waals surface area (Å²) in [5.41, 5.74) is 0. The Morgan fingerprint density at radius 2 is 1.59 bits per heavy atom. The third-order valence-electron chi connectivity index (χ3n) is 3.13. The molecule has 0 aromatic carbocycles. The molecule has 1 unspecified atom stereocenters. The van der Waals surface area contributed by atoms with Crippen LogP contribution < -0.4 is 0 Å². The van der Waals surface area contributed by atoms with E-state index in [1.165, 1.54) is 11.8 Å². The summed E-state index contributed by atoms with van der Waals surface area (Å²) >= 11 is 1.52. The predicted molar refractivity (Wildman–Crippen MR) is 93.5 cm³/mol. The lowest BCUT2D eigenvalue weighted by Crippen LogP contribution is -2.46. The largest absolute Gasteiger partial charge is 0.500 e. The van der Waals surface area contributed by atoms with Gasteiger partial charge in [-0.25, -0.2) is 0 Å². The van der Waals surface area contributed by atoms with E-state index in [1.807, 2.05) is 20.8 Å². The normalized spacial score (nSPS) is 13.3. The van der Waals surface area contributed by atoms with Crippen LogP contribution in [0.4, 0.5) is 0 Å². The minimum atomic E-state index is -2.58. The molecule has 0 rings (SSSR count). The van der Waals surface area contributed by atoms with Crippen molar-refractivity contribution in [1.82, 2.24) is 0 Å². The topological polar surface area (TPSA) is 65.0 Å². The fourth-order valence-corrected chi connectivity index (χ4v) is 6.12. The predicted octanol–water partition coefficient (Wildman–Crippen LogP) is 3.80. The maximum absolute atomic E-state index is 11.2. The molecule has 0 aromatic rings. The van der Waals surface area contributed by atoms with Gasteiger partial charge in [0.15, 0.2) is 0 Å². The lowest BCUT2D eigenvalue weighted by molar-refractivity contribution is -0.136. The van der Waals surface area contributed by atoms with Crippen molar-refractivity contribution in [2.24, 2.45) is 0 Å². The lowest BCUT2D eigenvalue weighted by atomic mass is 10.2. The molecule has 1 N–H and O–H groups in total. The maximum atomic E-state index is 11.2. The Kier molecular flexibility index (Phi) is 13.3. The van der Waals surface area contributed by atoms with Crippen molar-refractivity contribution < 1.29 is 23.2 Å². The number of hydrogen-bond donors (Lipinski definition) is 1. The highest BCUT2D eigenvalue weighted by Gasteiger charge is 2.39. The van der Waals surface area contributed by atoms with Gasteiger partial charge in [0.05, 0.1) is 0 Å². The van der Waals surface area contributed by atoms with E-state index in [0.29, 0.717) is 19.8 Å². The molecule has 5 nitrogen and oxygen atoms in total. The average molecular weight is 353 g/mol. The van der Waals surface area contributed by atoms with Crippen molar-refractivity contribution in [2.45, 2.75) is 64.7 Å². The third kappa shape index (κ3) is 9.15. The summed E-state index contributed by atoms with van der Waals surface area (Å²) < 4.78 is 17.4. The molecule has 0 amide bonds. The molecule has 1 atom stereocenters. The van der Waals surface area contributed by atoms with Crippen LogP contribution in [-0.2, 0) is 18.1 Å². The van der Waals surface area contributed by atoms with E-state index in [1.54, 1.807) is 0 Å². The van der Waals surface area contributed by atoms with E-state index in [0.717, 1.165) is 37.5 Å². The molecule has 0 spiro atoms. The van der Waals surface area contributed by atoms with Gasteiger partial charge in [-0.05, 0) is 39.4 Å². The quantitative estimate of drug-likeness (QED) is 0.357. The number of unbranched alkanes of at least 4 members (excludes halogenated alkanes) is 1. The van der Waals surface area contributed by atoms with Gasteiger partial charge in [-0.3, -0.25) is 4.79 Å². The first-order valence-electron chi connectivity index (χ1n) is 8.31. The summed E-state index contributed by atoms with van der Waals surface area (Å²) in [6.45, 7) is 9.64. The molecule has 0 saturated heterocycles. The molecule has 0 saturated carbocycles. The van der Waals surface area contributed by atoms with E-state index < -0.39 is 14.8 Å². The van der Waals surface area contributed by atoms with Gasteiger partial charge in [-0.1, -0.05) is 19.8 Å². The van der Waals surface area contributed by atoms with Crippen molar-refractivity contribution in [2.75, 3.05) is 25.6 Å². The number of hydrogen-bond acceptors (Lipinski definition) is 5. The van der Waals surface area contributed by atoms with Crippen LogP contribution in [-0.4, -0.2) is 50.7 Å². The molecular formula is C15H32O5SSi. The smallest absolute Gasteiger partial charge is 0.480 e. The van der Waals surface area contributed by atoms with Crippen molar-refractivity contribution in [1.29, 1.82) is 0 Å². The molecule has 0 aromatic heterocycles. The molecule has 0 aliphatic rings. The van der Waals surface area contributed by atoms with Crippen LogP contribution >= 0.6 is 11.8 Å². The van der Waals surface area contributed by atoms with Gasteiger partial charge in [0.1, 0.15) is 5.25 Å². The van der Waals surface area contributed by atoms with E-state index in [9.17, 15) is 9.90 Å². The molecule has 132 valence electrons. The monoisotopic (exact) mass is 352 g/mol. The van der Waals surface area contributed by atoms with E-state index >= 15 is 0 Å². The van der Waals surface area contributed by atoms with Crippen molar-refractivity contribution in [3.05, 3.63) is 0 Å². The van der Waals surface area contributed by atoms with Crippen molar-refractivity contribution in [3.8, 4) is 0 Å². The zero-order chi connectivity index (χ0) is 16.8. The zero-order valence-corrected chi connectivity index (χ0v) is 16.2.